The molecule has 0 spiro atoms. The van der Waals surface area contributed by atoms with Gasteiger partial charge in [0.15, 0.2) is 0 Å². The van der Waals surface area contributed by atoms with Crippen LogP contribution in [0.2, 0.25) is 0 Å². The van der Waals surface area contributed by atoms with Gasteiger partial charge in [0.25, 0.3) is 10.0 Å². The lowest BCUT2D eigenvalue weighted by molar-refractivity contribution is 0.325. The van der Waals surface area contributed by atoms with E-state index in [4.69, 9.17) is 0 Å². The second-order valence-corrected chi connectivity index (χ2v) is 8.59. The van der Waals surface area contributed by atoms with Crippen LogP contribution in [0.4, 0.5) is 0 Å². The highest BCUT2D eigenvalue weighted by Crippen LogP contribution is 2.27. The van der Waals surface area contributed by atoms with Gasteiger partial charge in [-0.2, -0.15) is 4.31 Å². The third-order valence-electron chi connectivity index (χ3n) is 3.64. The predicted molar refractivity (Wildman–Crippen MR) is 90.5 cm³/mol. The Bertz CT molecular complexity index is 511. The van der Waals surface area contributed by atoms with E-state index in [-0.39, 0.29) is 6.04 Å². The number of hydrogen-bond donors (Lipinski definition) is 1. The van der Waals surface area contributed by atoms with Gasteiger partial charge in [-0.25, -0.2) is 8.42 Å². The Morgan fingerprint density at radius 1 is 1.33 bits per heavy atom. The van der Waals surface area contributed by atoms with Crippen molar-refractivity contribution in [3.63, 3.8) is 0 Å². The van der Waals surface area contributed by atoms with Crippen LogP contribution in [0.25, 0.3) is 0 Å². The minimum absolute atomic E-state index is 0.0457. The van der Waals surface area contributed by atoms with Crippen molar-refractivity contribution in [2.45, 2.75) is 56.7 Å². The molecule has 1 atom stereocenters. The number of hydrogen-bond acceptors (Lipinski definition) is 4. The molecule has 1 unspecified atom stereocenters. The van der Waals surface area contributed by atoms with Crippen LogP contribution in [0.3, 0.4) is 0 Å². The van der Waals surface area contributed by atoms with Gasteiger partial charge in [0.2, 0.25) is 0 Å². The minimum Gasteiger partial charge on any atom is -0.319 e. The Balaban J connectivity index is 2.96. The van der Waals surface area contributed by atoms with Crippen LogP contribution in [0.15, 0.2) is 16.3 Å². The van der Waals surface area contributed by atoms with E-state index in [1.54, 1.807) is 10.4 Å². The third kappa shape index (κ3) is 5.06. The van der Waals surface area contributed by atoms with E-state index in [0.717, 1.165) is 37.1 Å². The van der Waals surface area contributed by atoms with Crippen LogP contribution in [0.5, 0.6) is 0 Å². The Morgan fingerprint density at radius 2 is 2.05 bits per heavy atom. The second-order valence-electron chi connectivity index (χ2n) is 5.30. The van der Waals surface area contributed by atoms with Gasteiger partial charge in [0.05, 0.1) is 0 Å². The third-order valence-corrected chi connectivity index (χ3v) is 7.26. The maximum absolute atomic E-state index is 12.8. The van der Waals surface area contributed by atoms with Crippen molar-refractivity contribution in [2.75, 3.05) is 20.1 Å². The van der Waals surface area contributed by atoms with Crippen molar-refractivity contribution in [3.8, 4) is 0 Å². The molecule has 4 nitrogen and oxygen atoms in total. The van der Waals surface area contributed by atoms with Gasteiger partial charge in [0.1, 0.15) is 4.21 Å². The topological polar surface area (TPSA) is 49.4 Å². The Kier molecular flexibility index (Phi) is 7.87. The smallest absolute Gasteiger partial charge is 0.252 e. The number of likely N-dealkylation sites (N-methyl/N-ethyl adjacent to an activating group) is 1. The maximum Gasteiger partial charge on any atom is 0.252 e. The van der Waals surface area contributed by atoms with E-state index < -0.39 is 10.0 Å². The summed E-state index contributed by atoms with van der Waals surface area (Å²) in [4.78, 5) is 1.11. The van der Waals surface area contributed by atoms with Gasteiger partial charge in [0, 0.05) is 17.5 Å². The summed E-state index contributed by atoms with van der Waals surface area (Å²) >= 11 is 1.40. The zero-order chi connectivity index (χ0) is 15.9. The monoisotopic (exact) mass is 332 g/mol. The molecule has 0 aliphatic heterocycles. The fourth-order valence-corrected chi connectivity index (χ4v) is 5.32. The van der Waals surface area contributed by atoms with E-state index in [0.29, 0.717) is 10.8 Å². The number of rotatable bonds is 10. The van der Waals surface area contributed by atoms with Crippen molar-refractivity contribution in [2.24, 2.45) is 0 Å². The summed E-state index contributed by atoms with van der Waals surface area (Å²) in [6.45, 7) is 7.58. The van der Waals surface area contributed by atoms with Crippen LogP contribution in [-0.4, -0.2) is 38.9 Å². The highest BCUT2D eigenvalue weighted by atomic mass is 32.2. The van der Waals surface area contributed by atoms with Crippen molar-refractivity contribution in [1.82, 2.24) is 9.62 Å². The zero-order valence-electron chi connectivity index (χ0n) is 13.6. The molecule has 0 saturated carbocycles. The van der Waals surface area contributed by atoms with Gasteiger partial charge in [-0.15, -0.1) is 11.3 Å². The first-order valence-corrected chi connectivity index (χ1v) is 9.98. The first-order chi connectivity index (χ1) is 9.97. The minimum atomic E-state index is -3.36. The molecular weight excluding hydrogens is 304 g/mol. The molecular formula is C15H28N2O2S2. The highest BCUT2D eigenvalue weighted by molar-refractivity contribution is 7.91. The van der Waals surface area contributed by atoms with Crippen molar-refractivity contribution >= 4 is 21.4 Å². The largest absolute Gasteiger partial charge is 0.319 e. The lowest BCUT2D eigenvalue weighted by Crippen LogP contribution is -2.38. The van der Waals surface area contributed by atoms with E-state index in [1.165, 1.54) is 11.3 Å². The van der Waals surface area contributed by atoms with Crippen molar-refractivity contribution < 1.29 is 8.42 Å². The lowest BCUT2D eigenvalue weighted by atomic mass is 10.2. The summed E-state index contributed by atoms with van der Waals surface area (Å²) in [5, 5.41) is 3.09. The van der Waals surface area contributed by atoms with Crippen molar-refractivity contribution in [1.29, 1.82) is 0 Å². The van der Waals surface area contributed by atoms with Crippen LogP contribution >= 0.6 is 11.3 Å². The van der Waals surface area contributed by atoms with E-state index in [2.05, 4.69) is 12.2 Å². The van der Waals surface area contributed by atoms with Crippen LogP contribution in [-0.2, 0) is 16.4 Å². The molecule has 0 saturated heterocycles. The quantitative estimate of drug-likeness (QED) is 0.716. The normalized spacial score (nSPS) is 13.8. The Labute approximate surface area is 133 Å². The number of unbranched alkanes of at least 4 members (excludes halogenated alkanes) is 1. The van der Waals surface area contributed by atoms with Gasteiger partial charge < -0.3 is 5.32 Å². The zero-order valence-corrected chi connectivity index (χ0v) is 15.2. The standard InChI is InChI=1S/C15H28N2O2S2/c1-5-7-12-17(13(3)6-2)21(18,19)15-9-8-14(20-15)10-11-16-4/h8-9,13,16H,5-7,10-12H2,1-4H3. The van der Waals surface area contributed by atoms with Gasteiger partial charge >= 0.3 is 0 Å². The molecule has 6 heteroatoms. The van der Waals surface area contributed by atoms with E-state index in [9.17, 15) is 8.42 Å². The van der Waals surface area contributed by atoms with E-state index >= 15 is 0 Å². The van der Waals surface area contributed by atoms with Gasteiger partial charge in [-0.1, -0.05) is 20.3 Å². The van der Waals surface area contributed by atoms with Crippen LogP contribution in [0.1, 0.15) is 44.9 Å². The summed E-state index contributed by atoms with van der Waals surface area (Å²) in [5.74, 6) is 0. The molecule has 0 aliphatic carbocycles. The molecule has 1 aromatic rings. The fraction of sp³-hybridized carbons (Fsp3) is 0.733. The second kappa shape index (κ2) is 8.88. The van der Waals surface area contributed by atoms with Crippen LogP contribution < -0.4 is 5.32 Å². The molecule has 1 heterocycles. The van der Waals surface area contributed by atoms with Gasteiger partial charge in [-0.3, -0.25) is 0 Å². The summed E-state index contributed by atoms with van der Waals surface area (Å²) in [7, 11) is -1.45. The molecule has 1 rings (SSSR count). The summed E-state index contributed by atoms with van der Waals surface area (Å²) in [6, 6.07) is 3.74. The van der Waals surface area contributed by atoms with E-state index in [1.807, 2.05) is 27.0 Å². The summed E-state index contributed by atoms with van der Waals surface area (Å²) < 4.78 is 27.8. The molecule has 122 valence electrons. The number of thiophene rings is 1. The molecule has 0 fully saturated rings. The highest BCUT2D eigenvalue weighted by Gasteiger charge is 2.29. The predicted octanol–water partition coefficient (Wildman–Crippen LogP) is 3.10. The molecule has 1 N–H and O–H groups in total. The van der Waals surface area contributed by atoms with Crippen molar-refractivity contribution in [3.05, 3.63) is 17.0 Å². The molecule has 0 aromatic carbocycles. The fourth-order valence-electron chi connectivity index (χ4n) is 2.09. The summed E-state index contributed by atoms with van der Waals surface area (Å²) in [5.41, 5.74) is 0. The molecule has 21 heavy (non-hydrogen) atoms. The molecule has 1 aromatic heterocycles. The number of nitrogens with zero attached hydrogens (tertiary/aromatic N) is 1. The summed E-state index contributed by atoms with van der Waals surface area (Å²) in [6.07, 6.45) is 3.61. The van der Waals surface area contributed by atoms with Gasteiger partial charge in [-0.05, 0) is 51.9 Å². The maximum atomic E-state index is 12.8. The Hall–Kier alpha value is -0.430. The molecule has 0 radical (unpaired) electrons. The molecule has 0 amide bonds. The Morgan fingerprint density at radius 3 is 2.62 bits per heavy atom. The SMILES string of the molecule is CCCCN(C(C)CC)S(=O)(=O)c1ccc(CCNC)s1. The number of nitrogens with one attached hydrogen (secondary N) is 1. The average Bonchev–Trinajstić information content (AvgIpc) is 2.94. The van der Waals surface area contributed by atoms with Crippen LogP contribution in [0, 0.1) is 0 Å². The first-order valence-electron chi connectivity index (χ1n) is 7.72. The average molecular weight is 333 g/mol. The molecule has 0 bridgehead atoms. The molecule has 0 aliphatic rings. The number of sulfonamides is 1. The first kappa shape index (κ1) is 18.6. The lowest BCUT2D eigenvalue weighted by Gasteiger charge is -2.26.